The van der Waals surface area contributed by atoms with Crippen molar-refractivity contribution in [1.29, 1.82) is 0 Å². The standard InChI is InChI=1S/C29H29N3O4/c1-21(33)23-10-12-25(13-11-23)31-16-18-32(19-17-31)29(35)27(20-22-8-14-26(36-2)15-9-22)28(34)30-24-6-4-3-5-7-24/h3-15,20H,16-19H2,1-2H3,(H,30,34)/b27-20+. The highest BCUT2D eigenvalue weighted by molar-refractivity contribution is 6.25. The quantitative estimate of drug-likeness (QED) is 0.235. The van der Waals surface area contributed by atoms with Gasteiger partial charge in [0.15, 0.2) is 5.78 Å². The summed E-state index contributed by atoms with van der Waals surface area (Å²) in [6.07, 6.45) is 1.62. The zero-order valence-corrected chi connectivity index (χ0v) is 20.4. The van der Waals surface area contributed by atoms with Gasteiger partial charge in [0.05, 0.1) is 7.11 Å². The largest absolute Gasteiger partial charge is 0.497 e. The summed E-state index contributed by atoms with van der Waals surface area (Å²) in [6, 6.07) is 23.8. The summed E-state index contributed by atoms with van der Waals surface area (Å²) in [4.78, 5) is 42.2. The number of rotatable bonds is 7. The number of ketones is 1. The van der Waals surface area contributed by atoms with Gasteiger partial charge in [0, 0.05) is 43.1 Å². The molecule has 0 aromatic heterocycles. The van der Waals surface area contributed by atoms with Crippen LogP contribution < -0.4 is 15.0 Å². The number of carbonyl (C=O) groups is 3. The molecule has 0 atom stereocenters. The predicted octanol–water partition coefficient (Wildman–Crippen LogP) is 4.27. The van der Waals surface area contributed by atoms with Crippen molar-refractivity contribution < 1.29 is 19.1 Å². The zero-order chi connectivity index (χ0) is 25.5. The van der Waals surface area contributed by atoms with Crippen LogP contribution in [0, 0.1) is 0 Å². The molecule has 0 spiro atoms. The highest BCUT2D eigenvalue weighted by Gasteiger charge is 2.27. The highest BCUT2D eigenvalue weighted by atomic mass is 16.5. The van der Waals surface area contributed by atoms with Crippen LogP contribution in [0.15, 0.2) is 84.4 Å². The Morgan fingerprint density at radius 2 is 1.47 bits per heavy atom. The van der Waals surface area contributed by atoms with Gasteiger partial charge in [0.1, 0.15) is 11.3 Å². The van der Waals surface area contributed by atoms with Crippen molar-refractivity contribution in [3.63, 3.8) is 0 Å². The lowest BCUT2D eigenvalue weighted by Crippen LogP contribution is -2.50. The summed E-state index contributed by atoms with van der Waals surface area (Å²) in [5.74, 6) is -0.0433. The number of anilines is 2. The van der Waals surface area contributed by atoms with E-state index >= 15 is 0 Å². The Morgan fingerprint density at radius 3 is 2.06 bits per heavy atom. The maximum atomic E-state index is 13.5. The van der Waals surface area contributed by atoms with Gasteiger partial charge in [-0.1, -0.05) is 30.3 Å². The molecule has 3 aromatic carbocycles. The molecule has 1 fully saturated rings. The molecule has 7 heteroatoms. The van der Waals surface area contributed by atoms with E-state index in [1.807, 2.05) is 54.6 Å². The van der Waals surface area contributed by atoms with Gasteiger partial charge in [-0.05, 0) is 67.1 Å². The van der Waals surface area contributed by atoms with Crippen LogP contribution in [0.5, 0.6) is 5.75 Å². The molecule has 3 aromatic rings. The lowest BCUT2D eigenvalue weighted by molar-refractivity contribution is -0.129. The van der Waals surface area contributed by atoms with Crippen LogP contribution in [-0.2, 0) is 9.59 Å². The van der Waals surface area contributed by atoms with Crippen LogP contribution in [0.25, 0.3) is 6.08 Å². The number of piperazine rings is 1. The summed E-state index contributed by atoms with van der Waals surface area (Å²) < 4.78 is 5.21. The number of para-hydroxylation sites is 1. The second-order valence-electron chi connectivity index (χ2n) is 8.53. The third kappa shape index (κ3) is 5.99. The first-order valence-corrected chi connectivity index (χ1v) is 11.8. The maximum absolute atomic E-state index is 13.5. The maximum Gasteiger partial charge on any atom is 0.261 e. The van der Waals surface area contributed by atoms with Crippen LogP contribution in [0.3, 0.4) is 0 Å². The van der Waals surface area contributed by atoms with E-state index in [0.29, 0.717) is 43.2 Å². The Kier molecular flexibility index (Phi) is 7.80. The van der Waals surface area contributed by atoms with Crippen molar-refractivity contribution >= 4 is 35.0 Å². The van der Waals surface area contributed by atoms with Crippen molar-refractivity contribution in [3.05, 3.63) is 95.6 Å². The van der Waals surface area contributed by atoms with Gasteiger partial charge >= 0.3 is 0 Å². The molecule has 2 amide bonds. The smallest absolute Gasteiger partial charge is 0.261 e. The fourth-order valence-electron chi connectivity index (χ4n) is 4.06. The van der Waals surface area contributed by atoms with E-state index in [1.165, 1.54) is 0 Å². The van der Waals surface area contributed by atoms with E-state index in [9.17, 15) is 14.4 Å². The lowest BCUT2D eigenvalue weighted by Gasteiger charge is -2.36. The molecule has 0 radical (unpaired) electrons. The van der Waals surface area contributed by atoms with Gasteiger partial charge in [-0.25, -0.2) is 0 Å². The molecular formula is C29H29N3O4. The lowest BCUT2D eigenvalue weighted by atomic mass is 10.1. The number of hydrogen-bond donors (Lipinski definition) is 1. The minimum absolute atomic E-state index is 0.0296. The molecule has 7 nitrogen and oxygen atoms in total. The first-order valence-electron chi connectivity index (χ1n) is 11.8. The van der Waals surface area contributed by atoms with Gasteiger partial charge in [0.25, 0.3) is 11.8 Å². The van der Waals surface area contributed by atoms with Crippen LogP contribution in [0.4, 0.5) is 11.4 Å². The molecule has 184 valence electrons. The Hall–Kier alpha value is -4.39. The molecule has 1 aliphatic rings. The molecule has 4 rings (SSSR count). The van der Waals surface area contributed by atoms with Gasteiger partial charge in [-0.15, -0.1) is 0 Å². The first-order chi connectivity index (χ1) is 17.4. The minimum atomic E-state index is -0.454. The van der Waals surface area contributed by atoms with E-state index in [4.69, 9.17) is 4.74 Å². The fraction of sp³-hybridized carbons (Fsp3) is 0.207. The summed E-state index contributed by atoms with van der Waals surface area (Å²) in [5, 5.41) is 2.84. The molecular weight excluding hydrogens is 454 g/mol. The molecule has 0 bridgehead atoms. The van der Waals surface area contributed by atoms with Crippen molar-refractivity contribution in [2.45, 2.75) is 6.92 Å². The van der Waals surface area contributed by atoms with E-state index in [-0.39, 0.29) is 17.3 Å². The van der Waals surface area contributed by atoms with Gasteiger partial charge in [-0.3, -0.25) is 14.4 Å². The number of carbonyl (C=O) groups excluding carboxylic acids is 3. The third-order valence-corrected chi connectivity index (χ3v) is 6.14. The van der Waals surface area contributed by atoms with E-state index in [1.54, 1.807) is 49.3 Å². The second kappa shape index (κ2) is 11.4. The number of hydrogen-bond acceptors (Lipinski definition) is 5. The van der Waals surface area contributed by atoms with Crippen LogP contribution in [0.1, 0.15) is 22.8 Å². The van der Waals surface area contributed by atoms with Crippen molar-refractivity contribution in [1.82, 2.24) is 4.90 Å². The Morgan fingerprint density at radius 1 is 0.833 bits per heavy atom. The van der Waals surface area contributed by atoms with Crippen molar-refractivity contribution in [2.24, 2.45) is 0 Å². The molecule has 0 saturated carbocycles. The normalized spacial score (nSPS) is 13.8. The average molecular weight is 484 g/mol. The molecule has 0 aliphatic carbocycles. The highest BCUT2D eigenvalue weighted by Crippen LogP contribution is 2.21. The Bertz CT molecular complexity index is 1240. The second-order valence-corrected chi connectivity index (χ2v) is 8.53. The van der Waals surface area contributed by atoms with Gasteiger partial charge in [0.2, 0.25) is 0 Å². The summed E-state index contributed by atoms with van der Waals surface area (Å²) in [6.45, 7) is 3.75. The number of Topliss-reactive ketones (excluding diaryl/α,β-unsaturated/α-hetero) is 1. The molecule has 1 heterocycles. The minimum Gasteiger partial charge on any atom is -0.497 e. The van der Waals surface area contributed by atoms with Gasteiger partial charge < -0.3 is 19.9 Å². The van der Waals surface area contributed by atoms with Crippen LogP contribution in [0.2, 0.25) is 0 Å². The van der Waals surface area contributed by atoms with Crippen molar-refractivity contribution in [3.8, 4) is 5.75 Å². The van der Waals surface area contributed by atoms with E-state index in [2.05, 4.69) is 10.2 Å². The predicted molar refractivity (Wildman–Crippen MR) is 141 cm³/mol. The monoisotopic (exact) mass is 483 g/mol. The molecule has 36 heavy (non-hydrogen) atoms. The SMILES string of the molecule is COc1ccc(/C=C(\C(=O)Nc2ccccc2)C(=O)N2CCN(c3ccc(C(C)=O)cc3)CC2)cc1. The number of nitrogens with zero attached hydrogens (tertiary/aromatic N) is 2. The average Bonchev–Trinajstić information content (AvgIpc) is 2.92. The van der Waals surface area contributed by atoms with Crippen LogP contribution in [-0.4, -0.2) is 55.8 Å². The number of benzene rings is 3. The van der Waals surface area contributed by atoms with Crippen molar-refractivity contribution in [2.75, 3.05) is 43.5 Å². The summed E-state index contributed by atoms with van der Waals surface area (Å²) in [5.41, 5.74) is 3.10. The number of amides is 2. The first kappa shape index (κ1) is 24.7. The zero-order valence-electron chi connectivity index (χ0n) is 20.4. The van der Waals surface area contributed by atoms with Gasteiger partial charge in [-0.2, -0.15) is 0 Å². The number of methoxy groups -OCH3 is 1. The Balaban J connectivity index is 1.50. The fourth-order valence-corrected chi connectivity index (χ4v) is 4.06. The summed E-state index contributed by atoms with van der Waals surface area (Å²) >= 11 is 0. The van der Waals surface area contributed by atoms with E-state index in [0.717, 1.165) is 11.3 Å². The van der Waals surface area contributed by atoms with Crippen LogP contribution >= 0.6 is 0 Å². The molecule has 0 unspecified atom stereocenters. The number of nitrogens with one attached hydrogen (secondary N) is 1. The molecule has 1 saturated heterocycles. The van der Waals surface area contributed by atoms with E-state index < -0.39 is 5.91 Å². The topological polar surface area (TPSA) is 79.0 Å². The molecule has 1 aliphatic heterocycles. The summed E-state index contributed by atoms with van der Waals surface area (Å²) in [7, 11) is 1.59. The Labute approximate surface area is 211 Å². The number of ether oxygens (including phenoxy) is 1. The third-order valence-electron chi connectivity index (χ3n) is 6.14. The molecule has 1 N–H and O–H groups in total.